The van der Waals surface area contributed by atoms with Crippen molar-refractivity contribution in [1.82, 2.24) is 0 Å². The summed E-state index contributed by atoms with van der Waals surface area (Å²) in [6.45, 7) is 3.27. The van der Waals surface area contributed by atoms with Gasteiger partial charge in [0.25, 0.3) is 0 Å². The second kappa shape index (κ2) is 6.40. The molecule has 0 saturated carbocycles. The smallest absolute Gasteiger partial charge is 0.122 e. The van der Waals surface area contributed by atoms with Crippen LogP contribution in [0.1, 0.15) is 18.9 Å². The van der Waals surface area contributed by atoms with Gasteiger partial charge in [-0.25, -0.2) is 5.90 Å². The predicted octanol–water partition coefficient (Wildman–Crippen LogP) is 1.91. The Morgan fingerprint density at radius 2 is 2.07 bits per heavy atom. The average molecular weight is 195 g/mol. The second-order valence-electron chi connectivity index (χ2n) is 3.02. The van der Waals surface area contributed by atoms with Gasteiger partial charge in [-0.3, -0.25) is 0 Å². The molecular weight excluding hydrogens is 178 g/mol. The Balaban J connectivity index is 2.55. The molecule has 3 nitrogen and oxygen atoms in total. The van der Waals surface area contributed by atoms with Gasteiger partial charge in [-0.2, -0.15) is 0 Å². The maximum Gasteiger partial charge on any atom is 0.122 e. The average Bonchev–Trinajstić information content (AvgIpc) is 2.21. The van der Waals surface area contributed by atoms with Gasteiger partial charge in [-0.15, -0.1) is 0 Å². The van der Waals surface area contributed by atoms with Gasteiger partial charge in [0.2, 0.25) is 0 Å². The Bertz CT molecular complexity index is 263. The lowest BCUT2D eigenvalue weighted by atomic mass is 10.1. The molecule has 0 amide bonds. The molecule has 3 heteroatoms. The lowest BCUT2D eigenvalue weighted by molar-refractivity contribution is 0.135. The highest BCUT2D eigenvalue weighted by molar-refractivity contribution is 5.33. The first kappa shape index (κ1) is 11.0. The van der Waals surface area contributed by atoms with Crippen molar-refractivity contribution in [2.45, 2.75) is 19.8 Å². The molecule has 0 saturated heterocycles. The zero-order chi connectivity index (χ0) is 10.2. The number of nitrogens with two attached hydrogens (primary N) is 1. The van der Waals surface area contributed by atoms with Crippen LogP contribution in [0.5, 0.6) is 5.75 Å². The second-order valence-corrected chi connectivity index (χ2v) is 3.02. The maximum atomic E-state index is 5.50. The molecule has 2 N–H and O–H groups in total. The standard InChI is InChI=1S/C11H17NO2/c1-2-13-11-8-4-3-6-10(11)7-5-9-14-12/h3-4,6,8H,2,5,7,9,12H2,1H3. The summed E-state index contributed by atoms with van der Waals surface area (Å²) in [5, 5.41) is 0. The van der Waals surface area contributed by atoms with E-state index in [1.165, 1.54) is 5.56 Å². The molecule has 0 aliphatic rings. The van der Waals surface area contributed by atoms with Crippen LogP contribution in [0.25, 0.3) is 0 Å². The molecule has 78 valence electrons. The Hall–Kier alpha value is -1.06. The van der Waals surface area contributed by atoms with Gasteiger partial charge in [0.05, 0.1) is 13.2 Å². The van der Waals surface area contributed by atoms with E-state index in [2.05, 4.69) is 10.9 Å². The lowest BCUT2D eigenvalue weighted by Gasteiger charge is -2.09. The Morgan fingerprint density at radius 3 is 2.79 bits per heavy atom. The van der Waals surface area contributed by atoms with Crippen molar-refractivity contribution in [3.63, 3.8) is 0 Å². The number of ether oxygens (including phenoxy) is 1. The number of hydrogen-bond donors (Lipinski definition) is 1. The van der Waals surface area contributed by atoms with Crippen LogP contribution in [0.3, 0.4) is 0 Å². The van der Waals surface area contributed by atoms with Gasteiger partial charge in [0.1, 0.15) is 5.75 Å². The first-order valence-electron chi connectivity index (χ1n) is 4.91. The highest BCUT2D eigenvalue weighted by Gasteiger charge is 2.01. The summed E-state index contributed by atoms with van der Waals surface area (Å²) in [6, 6.07) is 8.05. The van der Waals surface area contributed by atoms with E-state index in [0.717, 1.165) is 18.6 Å². The normalized spacial score (nSPS) is 10.1. The molecule has 1 aromatic rings. The molecule has 0 atom stereocenters. The van der Waals surface area contributed by atoms with Crippen LogP contribution < -0.4 is 10.6 Å². The number of aryl methyl sites for hydroxylation is 1. The Labute approximate surface area is 84.8 Å². The first-order valence-corrected chi connectivity index (χ1v) is 4.91. The summed E-state index contributed by atoms with van der Waals surface area (Å²) in [5.41, 5.74) is 1.21. The summed E-state index contributed by atoms with van der Waals surface area (Å²) in [4.78, 5) is 4.52. The van der Waals surface area contributed by atoms with Crippen LogP contribution in [0.15, 0.2) is 24.3 Å². The summed E-state index contributed by atoms with van der Waals surface area (Å²) in [6.07, 6.45) is 1.86. The van der Waals surface area contributed by atoms with Crippen LogP contribution in [0.4, 0.5) is 0 Å². The zero-order valence-electron chi connectivity index (χ0n) is 8.53. The molecule has 1 aromatic carbocycles. The highest BCUT2D eigenvalue weighted by atomic mass is 16.6. The van der Waals surface area contributed by atoms with E-state index in [-0.39, 0.29) is 0 Å². The molecular formula is C11H17NO2. The van der Waals surface area contributed by atoms with Crippen molar-refractivity contribution in [3.05, 3.63) is 29.8 Å². The third-order valence-corrected chi connectivity index (χ3v) is 1.98. The first-order chi connectivity index (χ1) is 6.88. The van der Waals surface area contributed by atoms with E-state index in [4.69, 9.17) is 10.6 Å². The monoisotopic (exact) mass is 195 g/mol. The highest BCUT2D eigenvalue weighted by Crippen LogP contribution is 2.19. The van der Waals surface area contributed by atoms with Gasteiger partial charge in [-0.1, -0.05) is 18.2 Å². The van der Waals surface area contributed by atoms with Crippen molar-refractivity contribution in [2.75, 3.05) is 13.2 Å². The van der Waals surface area contributed by atoms with Gasteiger partial charge in [-0.05, 0) is 31.4 Å². The van der Waals surface area contributed by atoms with Crippen LogP contribution in [-0.2, 0) is 11.3 Å². The molecule has 0 fully saturated rings. The number of benzene rings is 1. The predicted molar refractivity (Wildman–Crippen MR) is 56.1 cm³/mol. The molecule has 0 aromatic heterocycles. The van der Waals surface area contributed by atoms with E-state index in [9.17, 15) is 0 Å². The summed E-state index contributed by atoms with van der Waals surface area (Å²) in [5.74, 6) is 5.92. The molecule has 0 radical (unpaired) electrons. The van der Waals surface area contributed by atoms with Crippen LogP contribution >= 0.6 is 0 Å². The Kier molecular flexibility index (Phi) is 5.04. The van der Waals surface area contributed by atoms with Crippen molar-refractivity contribution in [2.24, 2.45) is 5.90 Å². The van der Waals surface area contributed by atoms with Crippen molar-refractivity contribution in [1.29, 1.82) is 0 Å². The molecule has 14 heavy (non-hydrogen) atoms. The quantitative estimate of drug-likeness (QED) is 0.557. The molecule has 0 spiro atoms. The molecule has 0 unspecified atom stereocenters. The lowest BCUT2D eigenvalue weighted by Crippen LogP contribution is -2.03. The fourth-order valence-electron chi connectivity index (χ4n) is 1.35. The van der Waals surface area contributed by atoms with E-state index >= 15 is 0 Å². The zero-order valence-corrected chi connectivity index (χ0v) is 8.53. The van der Waals surface area contributed by atoms with E-state index in [0.29, 0.717) is 13.2 Å². The fourth-order valence-corrected chi connectivity index (χ4v) is 1.35. The SMILES string of the molecule is CCOc1ccccc1CCCON. The summed E-state index contributed by atoms with van der Waals surface area (Å²) < 4.78 is 5.50. The van der Waals surface area contributed by atoms with Gasteiger partial charge in [0.15, 0.2) is 0 Å². The van der Waals surface area contributed by atoms with E-state index < -0.39 is 0 Å². The van der Waals surface area contributed by atoms with Crippen molar-refractivity contribution >= 4 is 0 Å². The minimum absolute atomic E-state index is 0.584. The fraction of sp³-hybridized carbons (Fsp3) is 0.455. The minimum Gasteiger partial charge on any atom is -0.494 e. The molecule has 0 heterocycles. The summed E-state index contributed by atoms with van der Waals surface area (Å²) in [7, 11) is 0. The molecule has 0 bridgehead atoms. The number of hydrogen-bond acceptors (Lipinski definition) is 3. The third kappa shape index (κ3) is 3.36. The maximum absolute atomic E-state index is 5.50. The number of rotatable bonds is 6. The largest absolute Gasteiger partial charge is 0.494 e. The van der Waals surface area contributed by atoms with Crippen molar-refractivity contribution in [3.8, 4) is 5.75 Å². The number of para-hydroxylation sites is 1. The van der Waals surface area contributed by atoms with Gasteiger partial charge >= 0.3 is 0 Å². The molecule has 0 aliphatic carbocycles. The Morgan fingerprint density at radius 1 is 1.29 bits per heavy atom. The van der Waals surface area contributed by atoms with E-state index in [1.54, 1.807) is 0 Å². The molecule has 0 aliphatic heterocycles. The summed E-state index contributed by atoms with van der Waals surface area (Å²) >= 11 is 0. The van der Waals surface area contributed by atoms with Crippen molar-refractivity contribution < 1.29 is 9.57 Å². The van der Waals surface area contributed by atoms with E-state index in [1.807, 2.05) is 25.1 Å². The van der Waals surface area contributed by atoms with Gasteiger partial charge < -0.3 is 9.57 Å². The van der Waals surface area contributed by atoms with Crippen LogP contribution in [0.2, 0.25) is 0 Å². The third-order valence-electron chi connectivity index (χ3n) is 1.98. The molecule has 1 rings (SSSR count). The minimum atomic E-state index is 0.584. The van der Waals surface area contributed by atoms with Crippen LogP contribution in [0, 0.1) is 0 Å². The van der Waals surface area contributed by atoms with Gasteiger partial charge in [0, 0.05) is 0 Å². The topological polar surface area (TPSA) is 44.5 Å². The van der Waals surface area contributed by atoms with Crippen LogP contribution in [-0.4, -0.2) is 13.2 Å².